The van der Waals surface area contributed by atoms with Crippen LogP contribution in [0.25, 0.3) is 0 Å². The lowest BCUT2D eigenvalue weighted by molar-refractivity contribution is -0.163. The van der Waals surface area contributed by atoms with Crippen LogP contribution in [0.5, 0.6) is 57.5 Å². The Balaban J connectivity index is 1.65. The van der Waals surface area contributed by atoms with Crippen molar-refractivity contribution in [3.8, 4) is 57.5 Å². The lowest BCUT2D eigenvalue weighted by atomic mass is 9.59. The predicted octanol–water partition coefficient (Wildman–Crippen LogP) is 9.56. The van der Waals surface area contributed by atoms with E-state index in [0.29, 0.717) is 0 Å². The summed E-state index contributed by atoms with van der Waals surface area (Å²) in [5, 5.41) is 49.6. The number of aromatic hydroxyl groups is 5. The third kappa shape index (κ3) is 13.1. The van der Waals surface area contributed by atoms with Crippen molar-refractivity contribution in [1.29, 1.82) is 0 Å². The van der Waals surface area contributed by atoms with Gasteiger partial charge in [-0.1, -0.05) is 6.92 Å². The topological polar surface area (TPSA) is 233 Å². The molecule has 0 amide bonds. The molecule has 0 aliphatic heterocycles. The standard InChI is InChI=1S/C52H56O15/c1-8-49(4,44(59)64-39-21-11-34(54)12-22-39)30-51(6,46(61)66-41-25-15-36(56)16-26-41)32-52(7,47(62)67-42-27-17-37(57)18-28-42)31-50(5,45(60)65-40-23-13-35(55)14-24-40)29-48(2,3)43(58)63-38-19-9-33(53)10-20-38/h9-28,53-57H,8,29-32H2,1-7H3. The van der Waals surface area contributed by atoms with Crippen LogP contribution in [0, 0.1) is 27.1 Å². The Morgan fingerprint density at radius 1 is 0.328 bits per heavy atom. The van der Waals surface area contributed by atoms with Crippen LogP contribution < -0.4 is 23.7 Å². The number of carbonyl (C=O) groups excluding carboxylic acids is 5. The van der Waals surface area contributed by atoms with Crippen molar-refractivity contribution < 1.29 is 73.2 Å². The van der Waals surface area contributed by atoms with Gasteiger partial charge >= 0.3 is 29.8 Å². The van der Waals surface area contributed by atoms with Gasteiger partial charge in [0.2, 0.25) is 0 Å². The zero-order valence-corrected chi connectivity index (χ0v) is 38.4. The first kappa shape index (κ1) is 50.4. The van der Waals surface area contributed by atoms with Crippen LogP contribution in [0.1, 0.15) is 80.6 Å². The van der Waals surface area contributed by atoms with Gasteiger partial charge in [-0.3, -0.25) is 24.0 Å². The monoisotopic (exact) mass is 920 g/mol. The number of hydrogen-bond acceptors (Lipinski definition) is 15. The molecule has 5 aromatic carbocycles. The predicted molar refractivity (Wildman–Crippen MR) is 244 cm³/mol. The molecule has 15 nitrogen and oxygen atoms in total. The van der Waals surface area contributed by atoms with Gasteiger partial charge in [-0.05, 0) is 195 Å². The first-order valence-electron chi connectivity index (χ1n) is 21.4. The van der Waals surface area contributed by atoms with Crippen molar-refractivity contribution in [3.05, 3.63) is 121 Å². The molecule has 4 atom stereocenters. The van der Waals surface area contributed by atoms with Crippen molar-refractivity contribution in [2.75, 3.05) is 0 Å². The van der Waals surface area contributed by atoms with Gasteiger partial charge in [0, 0.05) is 0 Å². The first-order chi connectivity index (χ1) is 31.4. The summed E-state index contributed by atoms with van der Waals surface area (Å²) in [4.78, 5) is 72.9. The van der Waals surface area contributed by atoms with Gasteiger partial charge in [-0.25, -0.2) is 0 Å². The molecular weight excluding hydrogens is 865 g/mol. The number of hydrogen-bond donors (Lipinski definition) is 5. The Bertz CT molecular complexity index is 2540. The molecule has 15 heteroatoms. The summed E-state index contributed by atoms with van der Waals surface area (Å²) in [7, 11) is 0. The molecule has 0 aromatic heterocycles. The summed E-state index contributed by atoms with van der Waals surface area (Å²) in [6.45, 7) is 10.9. The van der Waals surface area contributed by atoms with Crippen LogP contribution in [0.15, 0.2) is 121 Å². The summed E-state index contributed by atoms with van der Waals surface area (Å²) >= 11 is 0. The number of phenolic OH excluding ortho intramolecular Hbond substituents is 5. The fraction of sp³-hybridized carbons (Fsp3) is 0.327. The molecule has 0 saturated heterocycles. The van der Waals surface area contributed by atoms with Crippen LogP contribution in [0.2, 0.25) is 0 Å². The molecule has 0 fully saturated rings. The van der Waals surface area contributed by atoms with Crippen LogP contribution >= 0.6 is 0 Å². The number of carbonyl (C=O) groups is 5. The van der Waals surface area contributed by atoms with Gasteiger partial charge in [-0.2, -0.15) is 0 Å². The second-order valence-corrected chi connectivity index (χ2v) is 18.6. The van der Waals surface area contributed by atoms with E-state index in [9.17, 15) is 44.7 Å². The summed E-state index contributed by atoms with van der Waals surface area (Å²) in [5.41, 5.74) is -8.48. The summed E-state index contributed by atoms with van der Waals surface area (Å²) < 4.78 is 29.3. The number of rotatable bonds is 19. The van der Waals surface area contributed by atoms with Crippen molar-refractivity contribution in [3.63, 3.8) is 0 Å². The fourth-order valence-corrected chi connectivity index (χ4v) is 8.33. The van der Waals surface area contributed by atoms with E-state index >= 15 is 4.79 Å². The van der Waals surface area contributed by atoms with Gasteiger partial charge in [-0.15, -0.1) is 0 Å². The molecule has 0 spiro atoms. The largest absolute Gasteiger partial charge is 0.508 e. The number of benzene rings is 5. The Hall–Kier alpha value is -7.55. The van der Waals surface area contributed by atoms with Crippen molar-refractivity contribution in [1.82, 2.24) is 0 Å². The minimum atomic E-state index is -1.91. The number of esters is 5. The molecule has 0 aliphatic rings. The molecule has 0 radical (unpaired) electrons. The molecule has 354 valence electrons. The van der Waals surface area contributed by atoms with Crippen molar-refractivity contribution >= 4 is 29.8 Å². The third-order valence-corrected chi connectivity index (χ3v) is 11.7. The maximum absolute atomic E-state index is 15.0. The molecule has 4 unspecified atom stereocenters. The maximum atomic E-state index is 15.0. The second kappa shape index (κ2) is 20.3. The summed E-state index contributed by atoms with van der Waals surface area (Å²) in [5.74, 6) is -4.41. The molecule has 67 heavy (non-hydrogen) atoms. The van der Waals surface area contributed by atoms with Crippen molar-refractivity contribution in [2.24, 2.45) is 27.1 Å². The minimum absolute atomic E-state index is 0.00412. The van der Waals surface area contributed by atoms with Gasteiger partial charge in [0.1, 0.15) is 57.5 Å². The minimum Gasteiger partial charge on any atom is -0.508 e. The Kier molecular flexibility index (Phi) is 15.3. The molecule has 0 saturated carbocycles. The number of ether oxygens (including phenoxy) is 5. The molecule has 5 rings (SSSR count). The highest BCUT2D eigenvalue weighted by molar-refractivity contribution is 5.87. The normalized spacial score (nSPS) is 15.0. The number of phenols is 5. The van der Waals surface area contributed by atoms with E-state index in [1.54, 1.807) is 27.7 Å². The van der Waals surface area contributed by atoms with E-state index in [-0.39, 0.29) is 76.8 Å². The van der Waals surface area contributed by atoms with E-state index in [0.717, 1.165) is 0 Å². The lowest BCUT2D eigenvalue weighted by Crippen LogP contribution is -2.50. The highest BCUT2D eigenvalue weighted by Crippen LogP contribution is 2.52. The van der Waals surface area contributed by atoms with Crippen LogP contribution in [0.4, 0.5) is 0 Å². The first-order valence-corrected chi connectivity index (χ1v) is 21.4. The van der Waals surface area contributed by atoms with E-state index in [4.69, 9.17) is 23.7 Å². The summed E-state index contributed by atoms with van der Waals surface area (Å²) in [6, 6.07) is 26.9. The van der Waals surface area contributed by atoms with Gasteiger partial charge < -0.3 is 49.2 Å². The fourth-order valence-electron chi connectivity index (χ4n) is 8.33. The van der Waals surface area contributed by atoms with Crippen LogP contribution in [-0.4, -0.2) is 55.4 Å². The average molecular weight is 921 g/mol. The Morgan fingerprint density at radius 3 is 0.761 bits per heavy atom. The van der Waals surface area contributed by atoms with E-state index < -0.39 is 69.8 Å². The highest BCUT2D eigenvalue weighted by Gasteiger charge is 2.56. The lowest BCUT2D eigenvalue weighted by Gasteiger charge is -2.44. The maximum Gasteiger partial charge on any atom is 0.317 e. The van der Waals surface area contributed by atoms with E-state index in [2.05, 4.69) is 0 Å². The van der Waals surface area contributed by atoms with Crippen LogP contribution in [0.3, 0.4) is 0 Å². The quantitative estimate of drug-likeness (QED) is 0.0383. The van der Waals surface area contributed by atoms with E-state index in [1.807, 2.05) is 0 Å². The van der Waals surface area contributed by atoms with Gasteiger partial charge in [0.25, 0.3) is 0 Å². The Morgan fingerprint density at radius 2 is 0.522 bits per heavy atom. The van der Waals surface area contributed by atoms with Gasteiger partial charge in [0.15, 0.2) is 0 Å². The summed E-state index contributed by atoms with van der Waals surface area (Å²) in [6.07, 6.45) is -1.43. The third-order valence-electron chi connectivity index (χ3n) is 11.7. The smallest absolute Gasteiger partial charge is 0.317 e. The average Bonchev–Trinajstić information content (AvgIpc) is 3.27. The molecule has 5 N–H and O–H groups in total. The highest BCUT2D eigenvalue weighted by atomic mass is 16.6. The van der Waals surface area contributed by atoms with Crippen molar-refractivity contribution in [2.45, 2.75) is 80.6 Å². The zero-order valence-electron chi connectivity index (χ0n) is 38.4. The SMILES string of the molecule is CCC(C)(CC(C)(CC(C)(CC(C)(CC(C)(C)C(=O)Oc1ccc(O)cc1)C(=O)Oc1ccc(O)cc1)C(=O)Oc1ccc(O)cc1)C(=O)Oc1ccc(O)cc1)C(=O)Oc1ccc(O)cc1. The molecule has 0 bridgehead atoms. The van der Waals surface area contributed by atoms with E-state index in [1.165, 1.54) is 142 Å². The molecule has 5 aromatic rings. The van der Waals surface area contributed by atoms with Gasteiger partial charge in [0.05, 0.1) is 27.1 Å². The Labute approximate surface area is 388 Å². The zero-order chi connectivity index (χ0) is 49.4. The second-order valence-electron chi connectivity index (χ2n) is 18.6. The molecular formula is C52H56O15. The van der Waals surface area contributed by atoms with Crippen LogP contribution in [-0.2, 0) is 24.0 Å². The molecule has 0 heterocycles. The molecule has 0 aliphatic carbocycles.